The minimum Gasteiger partial charge on any atom is -0.478 e. The standard InChI is InChI=1S/C11H17N3O4/c1-8-9(10(16)17)7-13-11(14-8)12-3-2-5-18-6-4-15/h7,15H,2-6H2,1H3,(H,16,17)(H,12,13,14). The number of nitrogens with one attached hydrogen (secondary N) is 1. The molecule has 0 bridgehead atoms. The molecule has 3 N–H and O–H groups in total. The number of aryl methyl sites for hydroxylation is 1. The number of aromatic nitrogens is 2. The van der Waals surface area contributed by atoms with Gasteiger partial charge in [-0.15, -0.1) is 0 Å². The Morgan fingerprint density at radius 2 is 2.28 bits per heavy atom. The summed E-state index contributed by atoms with van der Waals surface area (Å²) in [4.78, 5) is 18.7. The van der Waals surface area contributed by atoms with Gasteiger partial charge in [-0.05, 0) is 13.3 Å². The van der Waals surface area contributed by atoms with Crippen molar-refractivity contribution < 1.29 is 19.7 Å². The van der Waals surface area contributed by atoms with E-state index in [-0.39, 0.29) is 12.2 Å². The fourth-order valence-electron chi connectivity index (χ4n) is 1.30. The van der Waals surface area contributed by atoms with Gasteiger partial charge < -0.3 is 20.3 Å². The highest BCUT2D eigenvalue weighted by atomic mass is 16.5. The third-order valence-electron chi connectivity index (χ3n) is 2.19. The SMILES string of the molecule is Cc1nc(NCCCOCCO)ncc1C(=O)O. The molecule has 100 valence electrons. The Morgan fingerprint density at radius 1 is 1.50 bits per heavy atom. The lowest BCUT2D eigenvalue weighted by Gasteiger charge is -2.06. The molecule has 0 aliphatic heterocycles. The molecular weight excluding hydrogens is 238 g/mol. The highest BCUT2D eigenvalue weighted by Gasteiger charge is 2.09. The van der Waals surface area contributed by atoms with Gasteiger partial charge in [0.1, 0.15) is 0 Å². The van der Waals surface area contributed by atoms with Crippen LogP contribution in [0.15, 0.2) is 6.20 Å². The molecule has 0 aliphatic rings. The lowest BCUT2D eigenvalue weighted by molar-refractivity contribution is 0.0695. The van der Waals surface area contributed by atoms with E-state index in [0.29, 0.717) is 31.4 Å². The number of ether oxygens (including phenoxy) is 1. The molecule has 0 spiro atoms. The van der Waals surface area contributed by atoms with Gasteiger partial charge in [-0.3, -0.25) is 0 Å². The zero-order valence-corrected chi connectivity index (χ0v) is 10.2. The number of rotatable bonds is 8. The van der Waals surface area contributed by atoms with Crippen molar-refractivity contribution in [1.82, 2.24) is 9.97 Å². The second-order valence-electron chi connectivity index (χ2n) is 3.61. The summed E-state index contributed by atoms with van der Waals surface area (Å²) in [5.41, 5.74) is 0.531. The van der Waals surface area contributed by atoms with Crippen LogP contribution in [0.2, 0.25) is 0 Å². The van der Waals surface area contributed by atoms with Crippen molar-refractivity contribution in [1.29, 1.82) is 0 Å². The number of aromatic carboxylic acids is 1. The van der Waals surface area contributed by atoms with E-state index in [1.165, 1.54) is 6.20 Å². The van der Waals surface area contributed by atoms with E-state index in [1.54, 1.807) is 6.92 Å². The molecule has 1 aromatic heterocycles. The molecule has 1 rings (SSSR count). The molecule has 0 saturated carbocycles. The zero-order chi connectivity index (χ0) is 13.4. The predicted molar refractivity (Wildman–Crippen MR) is 64.7 cm³/mol. The zero-order valence-electron chi connectivity index (χ0n) is 10.2. The molecular formula is C11H17N3O4. The quantitative estimate of drug-likeness (QED) is 0.573. The first-order valence-electron chi connectivity index (χ1n) is 5.64. The van der Waals surface area contributed by atoms with E-state index in [2.05, 4.69) is 15.3 Å². The van der Waals surface area contributed by atoms with Crippen molar-refractivity contribution in [3.8, 4) is 0 Å². The van der Waals surface area contributed by atoms with E-state index < -0.39 is 5.97 Å². The van der Waals surface area contributed by atoms with E-state index in [1.807, 2.05) is 0 Å². The molecule has 0 atom stereocenters. The van der Waals surface area contributed by atoms with Crippen LogP contribution in [0, 0.1) is 6.92 Å². The molecule has 7 heteroatoms. The van der Waals surface area contributed by atoms with Crippen molar-refractivity contribution in [3.63, 3.8) is 0 Å². The Kier molecular flexibility index (Phi) is 6.03. The minimum absolute atomic E-state index is 0.0202. The molecule has 0 aliphatic carbocycles. The summed E-state index contributed by atoms with van der Waals surface area (Å²) in [6.45, 7) is 3.15. The molecule has 0 aromatic carbocycles. The second kappa shape index (κ2) is 7.57. The highest BCUT2D eigenvalue weighted by Crippen LogP contribution is 2.06. The molecule has 1 aromatic rings. The summed E-state index contributed by atoms with van der Waals surface area (Å²) in [6, 6.07) is 0. The summed E-state index contributed by atoms with van der Waals surface area (Å²) in [7, 11) is 0. The van der Waals surface area contributed by atoms with E-state index in [9.17, 15) is 4.79 Å². The molecule has 1 heterocycles. The maximum atomic E-state index is 10.8. The molecule has 0 saturated heterocycles. The number of aliphatic hydroxyl groups excluding tert-OH is 1. The van der Waals surface area contributed by atoms with Gasteiger partial charge in [-0.1, -0.05) is 0 Å². The van der Waals surface area contributed by atoms with Crippen molar-refractivity contribution in [2.24, 2.45) is 0 Å². The third-order valence-corrected chi connectivity index (χ3v) is 2.19. The lowest BCUT2D eigenvalue weighted by atomic mass is 10.2. The molecule has 0 radical (unpaired) electrons. The topological polar surface area (TPSA) is 105 Å². The first kappa shape index (κ1) is 14.3. The van der Waals surface area contributed by atoms with Crippen LogP contribution < -0.4 is 5.32 Å². The average molecular weight is 255 g/mol. The van der Waals surface area contributed by atoms with Gasteiger partial charge in [-0.2, -0.15) is 0 Å². The van der Waals surface area contributed by atoms with Gasteiger partial charge in [0.2, 0.25) is 5.95 Å². The number of hydrogen-bond donors (Lipinski definition) is 3. The van der Waals surface area contributed by atoms with Gasteiger partial charge in [0.25, 0.3) is 0 Å². The summed E-state index contributed by atoms with van der Waals surface area (Å²) < 4.78 is 5.09. The first-order chi connectivity index (χ1) is 8.65. The molecule has 18 heavy (non-hydrogen) atoms. The Bertz CT molecular complexity index is 398. The number of carboxylic acid groups (broad SMARTS) is 1. The van der Waals surface area contributed by atoms with E-state index >= 15 is 0 Å². The maximum Gasteiger partial charge on any atom is 0.339 e. The second-order valence-corrected chi connectivity index (χ2v) is 3.61. The minimum atomic E-state index is -1.03. The van der Waals surface area contributed by atoms with Crippen LogP contribution in [0.5, 0.6) is 0 Å². The monoisotopic (exact) mass is 255 g/mol. The van der Waals surface area contributed by atoms with Crippen LogP contribution in [-0.2, 0) is 4.74 Å². The fraction of sp³-hybridized carbons (Fsp3) is 0.545. The van der Waals surface area contributed by atoms with Gasteiger partial charge in [0.05, 0.1) is 24.5 Å². The summed E-state index contributed by atoms with van der Waals surface area (Å²) in [5.74, 6) is -0.629. The number of nitrogens with zero attached hydrogens (tertiary/aromatic N) is 2. The van der Waals surface area contributed by atoms with E-state index in [0.717, 1.165) is 6.42 Å². The van der Waals surface area contributed by atoms with Gasteiger partial charge in [0, 0.05) is 19.3 Å². The van der Waals surface area contributed by atoms with Gasteiger partial charge in [0.15, 0.2) is 0 Å². The van der Waals surface area contributed by atoms with E-state index in [4.69, 9.17) is 14.9 Å². The molecule has 0 fully saturated rings. The van der Waals surface area contributed by atoms with Gasteiger partial charge >= 0.3 is 5.97 Å². The first-order valence-corrected chi connectivity index (χ1v) is 5.64. The lowest BCUT2D eigenvalue weighted by Crippen LogP contribution is -2.11. The normalized spacial score (nSPS) is 10.3. The van der Waals surface area contributed by atoms with Crippen LogP contribution in [-0.4, -0.2) is 52.5 Å². The van der Waals surface area contributed by atoms with Crippen LogP contribution in [0.1, 0.15) is 22.5 Å². The number of anilines is 1. The molecule has 0 amide bonds. The largest absolute Gasteiger partial charge is 0.478 e. The van der Waals surface area contributed by atoms with Crippen LogP contribution in [0.25, 0.3) is 0 Å². The van der Waals surface area contributed by atoms with Crippen molar-refractivity contribution in [3.05, 3.63) is 17.5 Å². The summed E-state index contributed by atoms with van der Waals surface area (Å²) in [5, 5.41) is 20.3. The highest BCUT2D eigenvalue weighted by molar-refractivity contribution is 5.88. The number of aliphatic hydroxyl groups is 1. The van der Waals surface area contributed by atoms with Crippen molar-refractivity contribution in [2.45, 2.75) is 13.3 Å². The Balaban J connectivity index is 2.35. The van der Waals surface area contributed by atoms with Crippen LogP contribution in [0.3, 0.4) is 0 Å². The van der Waals surface area contributed by atoms with Crippen molar-refractivity contribution >= 4 is 11.9 Å². The van der Waals surface area contributed by atoms with Crippen LogP contribution in [0.4, 0.5) is 5.95 Å². The molecule has 0 unspecified atom stereocenters. The number of carboxylic acids is 1. The third kappa shape index (κ3) is 4.64. The Hall–Kier alpha value is -1.73. The Morgan fingerprint density at radius 3 is 2.89 bits per heavy atom. The summed E-state index contributed by atoms with van der Waals surface area (Å²) in [6.07, 6.45) is 2.04. The van der Waals surface area contributed by atoms with Crippen LogP contribution >= 0.6 is 0 Å². The Labute approximate surface area is 105 Å². The fourth-order valence-corrected chi connectivity index (χ4v) is 1.30. The number of hydrogen-bond acceptors (Lipinski definition) is 6. The maximum absolute atomic E-state index is 10.8. The van der Waals surface area contributed by atoms with Crippen molar-refractivity contribution in [2.75, 3.05) is 31.7 Å². The molecule has 7 nitrogen and oxygen atoms in total. The summed E-state index contributed by atoms with van der Waals surface area (Å²) >= 11 is 0. The predicted octanol–water partition coefficient (Wildman–Crippen LogP) is 0.294. The van der Waals surface area contributed by atoms with Gasteiger partial charge in [-0.25, -0.2) is 14.8 Å². The number of carbonyl (C=O) groups is 1. The smallest absolute Gasteiger partial charge is 0.339 e. The average Bonchev–Trinajstić information content (AvgIpc) is 2.33.